The summed E-state index contributed by atoms with van der Waals surface area (Å²) >= 11 is 1.61. The van der Waals surface area contributed by atoms with Crippen LogP contribution in [0.1, 0.15) is 18.9 Å². The summed E-state index contributed by atoms with van der Waals surface area (Å²) in [7, 11) is 0. The zero-order valence-electron chi connectivity index (χ0n) is 11.0. The van der Waals surface area contributed by atoms with Crippen LogP contribution < -0.4 is 9.47 Å². The lowest BCUT2D eigenvalue weighted by Gasteiger charge is -2.36. The first-order chi connectivity index (χ1) is 9.97. The number of rotatable bonds is 2. The summed E-state index contributed by atoms with van der Waals surface area (Å²) in [4.78, 5) is 0. The van der Waals surface area contributed by atoms with Gasteiger partial charge in [0.25, 0.3) is 0 Å². The van der Waals surface area contributed by atoms with Crippen LogP contribution in [0.15, 0.2) is 18.2 Å². The molecule has 0 saturated heterocycles. The average molecular weight is 438 g/mol. The molecule has 0 fully saturated rings. The number of alkyl halides is 6. The Morgan fingerprint density at radius 3 is 2.32 bits per heavy atom. The number of fused-ring (bicyclic) bond motifs is 1. The van der Waals surface area contributed by atoms with Crippen LogP contribution in [0.2, 0.25) is 0 Å². The molecule has 0 amide bonds. The second kappa shape index (κ2) is 5.50. The van der Waals surface area contributed by atoms with Crippen molar-refractivity contribution < 1.29 is 35.8 Å². The zero-order valence-corrected chi connectivity index (χ0v) is 13.1. The van der Waals surface area contributed by atoms with Crippen LogP contribution in [-0.4, -0.2) is 18.1 Å². The van der Waals surface area contributed by atoms with Crippen LogP contribution in [0.5, 0.6) is 11.5 Å². The number of ether oxygens (including phenoxy) is 2. The first kappa shape index (κ1) is 17.2. The Bertz CT molecular complexity index is 608. The maximum absolute atomic E-state index is 13.2. The predicted octanol–water partition coefficient (Wildman–Crippen LogP) is 5.31. The molecule has 1 aliphatic rings. The minimum atomic E-state index is -4.88. The molecule has 1 aliphatic heterocycles. The minimum Gasteiger partial charge on any atom is -0.472 e. The van der Waals surface area contributed by atoms with Crippen molar-refractivity contribution in [2.75, 3.05) is 0 Å². The van der Waals surface area contributed by atoms with Gasteiger partial charge in [0.1, 0.15) is 11.5 Å². The monoisotopic (exact) mass is 438 g/mol. The summed E-state index contributed by atoms with van der Waals surface area (Å²) in [6.45, 7) is 1.32. The molecule has 1 aromatic carbocycles. The molecule has 1 atom stereocenters. The van der Waals surface area contributed by atoms with Crippen LogP contribution in [0.25, 0.3) is 6.08 Å². The molecule has 1 heterocycles. The van der Waals surface area contributed by atoms with Crippen LogP contribution >= 0.6 is 22.6 Å². The lowest BCUT2D eigenvalue weighted by molar-refractivity contribution is -0.274. The van der Waals surface area contributed by atoms with Crippen LogP contribution in [0.4, 0.5) is 26.3 Å². The minimum absolute atomic E-state index is 0.0967. The number of halogens is 7. The smallest absolute Gasteiger partial charge is 0.472 e. The highest BCUT2D eigenvalue weighted by Crippen LogP contribution is 2.45. The van der Waals surface area contributed by atoms with Gasteiger partial charge < -0.3 is 9.47 Å². The van der Waals surface area contributed by atoms with E-state index in [1.807, 2.05) is 0 Å². The normalized spacial score (nSPS) is 21.3. The second-order valence-corrected chi connectivity index (χ2v) is 5.71. The Kier molecular flexibility index (Phi) is 4.31. The van der Waals surface area contributed by atoms with Crippen molar-refractivity contribution in [1.29, 1.82) is 0 Å². The first-order valence-corrected chi connectivity index (χ1v) is 7.09. The van der Waals surface area contributed by atoms with E-state index in [0.717, 1.165) is 24.3 Å². The molecule has 0 bridgehead atoms. The molecule has 2 nitrogen and oxygen atoms in total. The van der Waals surface area contributed by atoms with Gasteiger partial charge in [-0.2, -0.15) is 13.2 Å². The Balaban J connectivity index is 2.44. The van der Waals surface area contributed by atoms with Gasteiger partial charge in [0.2, 0.25) is 5.60 Å². The summed E-state index contributed by atoms with van der Waals surface area (Å²) in [5.74, 6) is -0.628. The van der Waals surface area contributed by atoms with E-state index in [-0.39, 0.29) is 21.3 Å². The first-order valence-electron chi connectivity index (χ1n) is 6.02. The fourth-order valence-corrected chi connectivity index (χ4v) is 2.72. The van der Waals surface area contributed by atoms with Gasteiger partial charge in [-0.3, -0.25) is 0 Å². The van der Waals surface area contributed by atoms with E-state index in [1.54, 1.807) is 22.6 Å². The average Bonchev–Trinajstić information content (AvgIpc) is 2.35. The van der Waals surface area contributed by atoms with Crippen molar-refractivity contribution in [2.24, 2.45) is 0 Å². The molecule has 2 rings (SSSR count). The van der Waals surface area contributed by atoms with E-state index < -0.39 is 23.9 Å². The van der Waals surface area contributed by atoms with Crippen molar-refractivity contribution in [3.8, 4) is 11.5 Å². The second-order valence-electron chi connectivity index (χ2n) is 4.55. The van der Waals surface area contributed by atoms with E-state index in [0.29, 0.717) is 0 Å². The number of hydrogen-bond donors (Lipinski definition) is 0. The Morgan fingerprint density at radius 2 is 1.82 bits per heavy atom. The Hall–Kier alpha value is -1.13. The molecule has 0 aromatic heterocycles. The molecule has 0 radical (unpaired) electrons. The predicted molar refractivity (Wildman–Crippen MR) is 74.6 cm³/mol. The van der Waals surface area contributed by atoms with Crippen molar-refractivity contribution in [3.63, 3.8) is 0 Å². The van der Waals surface area contributed by atoms with E-state index in [9.17, 15) is 26.3 Å². The fourth-order valence-electron chi connectivity index (χ4n) is 2.00. The summed E-state index contributed by atoms with van der Waals surface area (Å²) in [5.41, 5.74) is -2.38. The van der Waals surface area contributed by atoms with Gasteiger partial charge in [-0.05, 0) is 47.2 Å². The molecular weight excluding hydrogens is 429 g/mol. The third kappa shape index (κ3) is 3.28. The molecule has 22 heavy (non-hydrogen) atoms. The Morgan fingerprint density at radius 1 is 1.18 bits per heavy atom. The third-order valence-corrected chi connectivity index (χ3v) is 3.90. The van der Waals surface area contributed by atoms with Gasteiger partial charge in [0, 0.05) is 5.56 Å². The molecule has 0 saturated carbocycles. The molecule has 0 aliphatic carbocycles. The van der Waals surface area contributed by atoms with Crippen LogP contribution in [0.3, 0.4) is 0 Å². The Labute approximate surface area is 135 Å². The maximum atomic E-state index is 13.2. The number of benzene rings is 1. The highest BCUT2D eigenvalue weighted by molar-refractivity contribution is 14.1. The summed E-state index contributed by atoms with van der Waals surface area (Å²) in [5, 5.41) is 0. The van der Waals surface area contributed by atoms with Gasteiger partial charge >= 0.3 is 12.5 Å². The lowest BCUT2D eigenvalue weighted by Crippen LogP contribution is -2.49. The van der Waals surface area contributed by atoms with Gasteiger partial charge in [-0.1, -0.05) is 13.0 Å². The van der Waals surface area contributed by atoms with E-state index in [4.69, 9.17) is 4.74 Å². The van der Waals surface area contributed by atoms with Gasteiger partial charge in [-0.15, -0.1) is 13.2 Å². The molecule has 122 valence electrons. The van der Waals surface area contributed by atoms with E-state index in [2.05, 4.69) is 4.74 Å². The van der Waals surface area contributed by atoms with Crippen molar-refractivity contribution >= 4 is 28.7 Å². The maximum Gasteiger partial charge on any atom is 0.573 e. The van der Waals surface area contributed by atoms with E-state index >= 15 is 0 Å². The molecule has 9 heteroatoms. The third-order valence-electron chi connectivity index (χ3n) is 3.10. The highest BCUT2D eigenvalue weighted by Gasteiger charge is 2.55. The zero-order chi connectivity index (χ0) is 16.8. The molecule has 1 unspecified atom stereocenters. The van der Waals surface area contributed by atoms with Crippen molar-refractivity contribution in [3.05, 3.63) is 27.3 Å². The highest BCUT2D eigenvalue weighted by atomic mass is 127. The summed E-state index contributed by atoms with van der Waals surface area (Å²) in [6.07, 6.45) is -7.97. The van der Waals surface area contributed by atoms with Crippen LogP contribution in [0, 0.1) is 3.57 Å². The van der Waals surface area contributed by atoms with Crippen molar-refractivity contribution in [1.82, 2.24) is 0 Å². The largest absolute Gasteiger partial charge is 0.573 e. The summed E-state index contributed by atoms with van der Waals surface area (Å²) < 4.78 is 85.1. The number of hydrogen-bond acceptors (Lipinski definition) is 2. The molecule has 0 spiro atoms. The van der Waals surface area contributed by atoms with Crippen LogP contribution in [-0.2, 0) is 0 Å². The topological polar surface area (TPSA) is 18.5 Å². The summed E-state index contributed by atoms with van der Waals surface area (Å²) in [6, 6.07) is 1.96. The quantitative estimate of drug-likeness (QED) is 0.461. The van der Waals surface area contributed by atoms with E-state index in [1.165, 1.54) is 6.92 Å². The standard InChI is InChI=1S/C13H9F6IO2/c1-2-11(12(14,15)16)4-3-7-5-8(21-13(17,18)19)6-9(20)10(7)22-11/h3-6H,2H2,1H3. The molecular formula is C13H9F6IO2. The van der Waals surface area contributed by atoms with Crippen molar-refractivity contribution in [2.45, 2.75) is 31.5 Å². The van der Waals surface area contributed by atoms with Gasteiger partial charge in [-0.25, -0.2) is 0 Å². The van der Waals surface area contributed by atoms with Gasteiger partial charge in [0.05, 0.1) is 3.57 Å². The van der Waals surface area contributed by atoms with Gasteiger partial charge in [0.15, 0.2) is 0 Å². The lowest BCUT2D eigenvalue weighted by atomic mass is 9.94. The molecule has 1 aromatic rings. The molecule has 0 N–H and O–H groups in total. The SMILES string of the molecule is CCC1(C(F)(F)F)C=Cc2cc(OC(F)(F)F)cc(I)c2O1. The fraction of sp³-hybridized carbons (Fsp3) is 0.385.